The molecule has 1 atom stereocenters. The van der Waals surface area contributed by atoms with Crippen molar-refractivity contribution in [3.63, 3.8) is 0 Å². The standard InChI is InChI=1S/C10H8O4/c11-7-3-1-6(2-4-7)8-5-9(12)14-10(8)13/h1-5,10-11,13H. The van der Waals surface area contributed by atoms with E-state index in [1.54, 1.807) is 12.1 Å². The van der Waals surface area contributed by atoms with Crippen LogP contribution in [0.5, 0.6) is 5.75 Å². The molecule has 2 rings (SSSR count). The number of carbonyl (C=O) groups is 1. The van der Waals surface area contributed by atoms with Crippen molar-refractivity contribution in [2.24, 2.45) is 0 Å². The predicted molar refractivity (Wildman–Crippen MR) is 48.2 cm³/mol. The molecule has 2 N–H and O–H groups in total. The minimum absolute atomic E-state index is 0.133. The van der Waals surface area contributed by atoms with Crippen molar-refractivity contribution in [1.82, 2.24) is 0 Å². The molecule has 0 bridgehead atoms. The molecule has 0 fully saturated rings. The molecular formula is C10H8O4. The molecule has 1 aliphatic heterocycles. The first-order valence-electron chi connectivity index (χ1n) is 4.06. The Balaban J connectivity index is 2.36. The number of carbonyl (C=O) groups excluding carboxylic acids is 1. The highest BCUT2D eigenvalue weighted by Gasteiger charge is 2.24. The number of phenolic OH excluding ortho intramolecular Hbond substituents is 1. The molecule has 0 aliphatic carbocycles. The minimum Gasteiger partial charge on any atom is -0.508 e. The SMILES string of the molecule is O=C1C=C(c2ccc(O)cc2)C(O)O1. The lowest BCUT2D eigenvalue weighted by Gasteiger charge is -2.06. The van der Waals surface area contributed by atoms with E-state index >= 15 is 0 Å². The molecule has 0 spiro atoms. The van der Waals surface area contributed by atoms with Crippen molar-refractivity contribution in [3.8, 4) is 5.75 Å². The Hall–Kier alpha value is -1.81. The summed E-state index contributed by atoms with van der Waals surface area (Å²) in [5.41, 5.74) is 1.07. The second-order valence-electron chi connectivity index (χ2n) is 2.94. The van der Waals surface area contributed by atoms with Crippen molar-refractivity contribution in [3.05, 3.63) is 35.9 Å². The van der Waals surface area contributed by atoms with Gasteiger partial charge in [-0.2, -0.15) is 0 Å². The third kappa shape index (κ3) is 1.47. The predicted octanol–water partition coefficient (Wildman–Crippen LogP) is 0.651. The van der Waals surface area contributed by atoms with Crippen LogP contribution in [0.3, 0.4) is 0 Å². The van der Waals surface area contributed by atoms with Crippen LogP contribution in [0.25, 0.3) is 5.57 Å². The van der Waals surface area contributed by atoms with Crippen molar-refractivity contribution in [1.29, 1.82) is 0 Å². The van der Waals surface area contributed by atoms with E-state index in [0.29, 0.717) is 11.1 Å². The van der Waals surface area contributed by atoms with E-state index in [4.69, 9.17) is 5.11 Å². The fourth-order valence-corrected chi connectivity index (χ4v) is 1.29. The lowest BCUT2D eigenvalue weighted by Crippen LogP contribution is -2.09. The maximum absolute atomic E-state index is 10.8. The van der Waals surface area contributed by atoms with Crippen molar-refractivity contribution in [2.45, 2.75) is 6.29 Å². The van der Waals surface area contributed by atoms with E-state index in [0.717, 1.165) is 0 Å². The number of rotatable bonds is 1. The lowest BCUT2D eigenvalue weighted by atomic mass is 10.1. The molecule has 0 amide bonds. The van der Waals surface area contributed by atoms with Crippen LogP contribution in [0.15, 0.2) is 30.3 Å². The molecule has 0 saturated carbocycles. The lowest BCUT2D eigenvalue weighted by molar-refractivity contribution is -0.149. The van der Waals surface area contributed by atoms with E-state index in [1.165, 1.54) is 18.2 Å². The van der Waals surface area contributed by atoms with E-state index < -0.39 is 12.3 Å². The third-order valence-corrected chi connectivity index (χ3v) is 1.97. The zero-order valence-electron chi connectivity index (χ0n) is 7.18. The highest BCUT2D eigenvalue weighted by atomic mass is 16.6. The van der Waals surface area contributed by atoms with Gasteiger partial charge in [0.25, 0.3) is 0 Å². The maximum atomic E-state index is 10.8. The molecule has 1 aromatic rings. The number of hydrogen-bond acceptors (Lipinski definition) is 4. The fraction of sp³-hybridized carbons (Fsp3) is 0.100. The summed E-state index contributed by atoms with van der Waals surface area (Å²) in [6.07, 6.45) is 0.0314. The molecule has 0 radical (unpaired) electrons. The van der Waals surface area contributed by atoms with Crippen LogP contribution >= 0.6 is 0 Å². The van der Waals surface area contributed by atoms with Gasteiger partial charge in [0.2, 0.25) is 6.29 Å². The topological polar surface area (TPSA) is 66.8 Å². The van der Waals surface area contributed by atoms with Gasteiger partial charge in [-0.3, -0.25) is 0 Å². The van der Waals surface area contributed by atoms with Gasteiger partial charge in [-0.1, -0.05) is 12.1 Å². The van der Waals surface area contributed by atoms with Gasteiger partial charge in [-0.05, 0) is 17.7 Å². The van der Waals surface area contributed by atoms with Crippen LogP contribution in [0.2, 0.25) is 0 Å². The van der Waals surface area contributed by atoms with Crippen molar-refractivity contribution in [2.75, 3.05) is 0 Å². The van der Waals surface area contributed by atoms with Crippen LogP contribution in [0.4, 0.5) is 0 Å². The minimum atomic E-state index is -1.20. The number of aromatic hydroxyl groups is 1. The zero-order valence-corrected chi connectivity index (χ0v) is 7.18. The Morgan fingerprint density at radius 3 is 2.36 bits per heavy atom. The Labute approximate surface area is 80.1 Å². The Morgan fingerprint density at radius 1 is 1.21 bits per heavy atom. The number of cyclic esters (lactones) is 1. The number of benzene rings is 1. The molecule has 72 valence electrons. The summed E-state index contributed by atoms with van der Waals surface area (Å²) in [7, 11) is 0. The van der Waals surface area contributed by atoms with Gasteiger partial charge in [0.15, 0.2) is 0 Å². The number of ether oxygens (including phenoxy) is 1. The zero-order chi connectivity index (χ0) is 10.1. The third-order valence-electron chi connectivity index (χ3n) is 1.97. The second-order valence-corrected chi connectivity index (χ2v) is 2.94. The van der Waals surface area contributed by atoms with Gasteiger partial charge < -0.3 is 14.9 Å². The monoisotopic (exact) mass is 192 g/mol. The van der Waals surface area contributed by atoms with Crippen LogP contribution in [-0.2, 0) is 9.53 Å². The number of aliphatic hydroxyl groups is 1. The van der Waals surface area contributed by atoms with Gasteiger partial charge in [0.05, 0.1) is 0 Å². The summed E-state index contributed by atoms with van der Waals surface area (Å²) in [4.78, 5) is 10.8. The second kappa shape index (κ2) is 3.16. The Bertz CT molecular complexity index is 391. The number of esters is 1. The fourth-order valence-electron chi connectivity index (χ4n) is 1.29. The molecule has 0 aromatic heterocycles. The van der Waals surface area contributed by atoms with Crippen LogP contribution in [0, 0.1) is 0 Å². The summed E-state index contributed by atoms with van der Waals surface area (Å²) in [5, 5.41) is 18.3. The number of aliphatic hydroxyl groups excluding tert-OH is 1. The molecule has 1 heterocycles. The quantitative estimate of drug-likeness (QED) is 0.641. The molecule has 1 aliphatic rings. The molecule has 1 aromatic carbocycles. The Morgan fingerprint density at radius 2 is 1.86 bits per heavy atom. The van der Waals surface area contributed by atoms with Gasteiger partial charge in [0, 0.05) is 11.6 Å². The van der Waals surface area contributed by atoms with E-state index in [2.05, 4.69) is 4.74 Å². The largest absolute Gasteiger partial charge is 0.508 e. The summed E-state index contributed by atoms with van der Waals surface area (Å²) in [6, 6.07) is 6.16. The van der Waals surface area contributed by atoms with Gasteiger partial charge >= 0.3 is 5.97 Å². The molecular weight excluding hydrogens is 184 g/mol. The first kappa shape index (κ1) is 8.77. The maximum Gasteiger partial charge on any atom is 0.333 e. The number of phenols is 1. The van der Waals surface area contributed by atoms with Crippen molar-refractivity contribution < 1.29 is 19.7 Å². The average molecular weight is 192 g/mol. The first-order chi connectivity index (χ1) is 6.66. The molecule has 14 heavy (non-hydrogen) atoms. The summed E-state index contributed by atoms with van der Waals surface area (Å²) in [5.74, 6) is -0.422. The average Bonchev–Trinajstić information content (AvgIpc) is 2.47. The van der Waals surface area contributed by atoms with E-state index in [1.807, 2.05) is 0 Å². The Kier molecular flexibility index (Phi) is 1.98. The van der Waals surface area contributed by atoms with Crippen LogP contribution < -0.4 is 0 Å². The summed E-state index contributed by atoms with van der Waals surface area (Å²) >= 11 is 0. The highest BCUT2D eigenvalue weighted by molar-refractivity contribution is 5.96. The van der Waals surface area contributed by atoms with E-state index in [9.17, 15) is 9.90 Å². The molecule has 4 heteroatoms. The highest BCUT2D eigenvalue weighted by Crippen LogP contribution is 2.25. The molecule has 1 unspecified atom stereocenters. The van der Waals surface area contributed by atoms with Gasteiger partial charge in [-0.25, -0.2) is 4.79 Å². The van der Waals surface area contributed by atoms with Gasteiger partial charge in [-0.15, -0.1) is 0 Å². The van der Waals surface area contributed by atoms with E-state index in [-0.39, 0.29) is 5.75 Å². The van der Waals surface area contributed by atoms with Crippen LogP contribution in [-0.4, -0.2) is 22.5 Å². The number of hydrogen-bond donors (Lipinski definition) is 2. The normalized spacial score (nSPS) is 20.5. The summed E-state index contributed by atoms with van der Waals surface area (Å²) in [6.45, 7) is 0. The smallest absolute Gasteiger partial charge is 0.333 e. The van der Waals surface area contributed by atoms with Gasteiger partial charge in [0.1, 0.15) is 5.75 Å². The molecule has 0 saturated heterocycles. The van der Waals surface area contributed by atoms with Crippen LogP contribution in [0.1, 0.15) is 5.56 Å². The first-order valence-corrected chi connectivity index (χ1v) is 4.06. The summed E-state index contributed by atoms with van der Waals surface area (Å²) < 4.78 is 4.52. The molecule has 4 nitrogen and oxygen atoms in total. The van der Waals surface area contributed by atoms with Crippen molar-refractivity contribution >= 4 is 11.5 Å².